The molecule has 0 spiro atoms. The van der Waals surface area contributed by atoms with Gasteiger partial charge in [-0.1, -0.05) is 100 Å². The number of hydrogen-bond donors (Lipinski definition) is 6. The van der Waals surface area contributed by atoms with Crippen LogP contribution in [0.15, 0.2) is 124 Å². The number of carboxylic acids is 3. The summed E-state index contributed by atoms with van der Waals surface area (Å²) in [4.78, 5) is 61.0. The van der Waals surface area contributed by atoms with E-state index in [0.29, 0.717) is 46.1 Å². The highest BCUT2D eigenvalue weighted by Crippen LogP contribution is 2.18. The Kier molecular flexibility index (Phi) is 43.5. The second-order valence-corrected chi connectivity index (χ2v) is 10.6. The van der Waals surface area contributed by atoms with Crippen molar-refractivity contribution < 1.29 is 83.1 Å². The lowest BCUT2D eigenvalue weighted by Gasteiger charge is -2.24. The van der Waals surface area contributed by atoms with Gasteiger partial charge in [0.1, 0.15) is 13.2 Å². The van der Waals surface area contributed by atoms with Crippen LogP contribution in [0.3, 0.4) is 0 Å². The summed E-state index contributed by atoms with van der Waals surface area (Å²) in [5.41, 5.74) is 0.803. The Bertz CT molecular complexity index is 1340. The van der Waals surface area contributed by atoms with Crippen molar-refractivity contribution in [1.82, 2.24) is 0 Å². The molecule has 0 saturated carbocycles. The zero-order valence-electron chi connectivity index (χ0n) is 33.4. The van der Waals surface area contributed by atoms with Crippen LogP contribution in [0.2, 0.25) is 0 Å². The largest absolute Gasteiger partial charge is 0.478 e. The van der Waals surface area contributed by atoms with Crippen molar-refractivity contribution in [3.8, 4) is 0 Å². The van der Waals surface area contributed by atoms with Gasteiger partial charge in [-0.05, 0) is 6.42 Å². The number of aliphatic hydroxyl groups excluding tert-OH is 3. The van der Waals surface area contributed by atoms with Gasteiger partial charge >= 0.3 is 29.8 Å². The molecule has 17 heteroatoms. The summed E-state index contributed by atoms with van der Waals surface area (Å²) >= 11 is 0. The van der Waals surface area contributed by atoms with E-state index in [1.54, 1.807) is 0 Å². The summed E-state index contributed by atoms with van der Waals surface area (Å²) in [5.74, 6) is -3.80. The van der Waals surface area contributed by atoms with E-state index in [2.05, 4.69) is 32.9 Å². The van der Waals surface area contributed by atoms with Crippen molar-refractivity contribution in [3.63, 3.8) is 0 Å². The minimum absolute atomic E-state index is 0.0752. The van der Waals surface area contributed by atoms with Gasteiger partial charge in [0.25, 0.3) is 0 Å². The number of ether oxygens (including phenoxy) is 5. The van der Waals surface area contributed by atoms with E-state index >= 15 is 0 Å². The molecule has 0 saturated heterocycles. The Morgan fingerprint density at radius 2 is 0.746 bits per heavy atom. The molecule has 0 aromatic heterocycles. The second kappa shape index (κ2) is 43.1. The smallest absolute Gasteiger partial charge is 0.330 e. The zero-order valence-corrected chi connectivity index (χ0v) is 33.4. The van der Waals surface area contributed by atoms with Crippen molar-refractivity contribution in [2.24, 2.45) is 5.41 Å². The lowest BCUT2D eigenvalue weighted by Crippen LogP contribution is -2.32. The molecular formula is C42H58O17. The monoisotopic (exact) mass is 834 g/mol. The predicted molar refractivity (Wildman–Crippen MR) is 219 cm³/mol. The lowest BCUT2D eigenvalue weighted by atomic mass is 9.88. The molecule has 0 bridgehead atoms. The number of aliphatic carboxylic acids is 3. The van der Waals surface area contributed by atoms with E-state index in [0.717, 1.165) is 41.5 Å². The number of hydrogen-bond acceptors (Lipinski definition) is 14. The van der Waals surface area contributed by atoms with Gasteiger partial charge in [0.2, 0.25) is 0 Å². The molecule has 328 valence electrons. The van der Waals surface area contributed by atoms with Crippen LogP contribution in [0.5, 0.6) is 0 Å². The van der Waals surface area contributed by atoms with Gasteiger partial charge in [-0.25, -0.2) is 24.0 Å². The van der Waals surface area contributed by atoms with Gasteiger partial charge in [-0.2, -0.15) is 0 Å². The zero-order chi connectivity index (χ0) is 45.7. The van der Waals surface area contributed by atoms with E-state index in [-0.39, 0.29) is 38.8 Å². The molecule has 59 heavy (non-hydrogen) atoms. The first-order chi connectivity index (χ1) is 28.1. The minimum atomic E-state index is -0.981. The molecule has 0 aliphatic rings. The molecule has 17 nitrogen and oxygen atoms in total. The van der Waals surface area contributed by atoms with Crippen molar-refractivity contribution >= 4 is 35.6 Å². The molecule has 2 aromatic carbocycles. The number of carbonyl (C=O) groups is 6. The van der Waals surface area contributed by atoms with Crippen LogP contribution in [-0.4, -0.2) is 139 Å². The first kappa shape index (κ1) is 59.6. The Morgan fingerprint density at radius 1 is 0.492 bits per heavy atom. The normalized spacial score (nSPS) is 9.29. The van der Waals surface area contributed by atoms with E-state index in [9.17, 15) is 28.8 Å². The average molecular weight is 835 g/mol. The van der Waals surface area contributed by atoms with Crippen LogP contribution >= 0.6 is 0 Å². The third kappa shape index (κ3) is 41.4. The molecule has 0 atom stereocenters. The number of esters is 2. The maximum absolute atomic E-state index is 11.8. The van der Waals surface area contributed by atoms with Crippen molar-refractivity contribution in [2.45, 2.75) is 13.3 Å². The Labute approximate surface area is 344 Å². The number of carboxylic acid groups (broad SMARTS) is 3. The topological polar surface area (TPSA) is 270 Å². The maximum atomic E-state index is 11.8. The van der Waals surface area contributed by atoms with Crippen LogP contribution in [0, 0.1) is 5.41 Å². The Balaban J connectivity index is -0.000000342. The Morgan fingerprint density at radius 3 is 0.932 bits per heavy atom. The summed E-state index contributed by atoms with van der Waals surface area (Å²) in [6.07, 6.45) is 5.29. The van der Waals surface area contributed by atoms with Crippen LogP contribution in [-0.2, 0) is 47.7 Å². The van der Waals surface area contributed by atoms with E-state index < -0.39 is 35.3 Å². The van der Waals surface area contributed by atoms with E-state index in [1.165, 1.54) is 0 Å². The van der Waals surface area contributed by atoms with Gasteiger partial charge in [0, 0.05) is 46.9 Å². The fourth-order valence-electron chi connectivity index (χ4n) is 2.89. The molecule has 6 N–H and O–H groups in total. The molecule has 0 amide bonds. The minimum Gasteiger partial charge on any atom is -0.478 e. The summed E-state index contributed by atoms with van der Waals surface area (Å²) in [7, 11) is 0. The summed E-state index contributed by atoms with van der Waals surface area (Å²) in [5, 5.41) is 48.8. The molecule has 0 heterocycles. The fraction of sp³-hybridized carbons (Fsp3) is 0.333. The van der Waals surface area contributed by atoms with Crippen LogP contribution in [0.1, 0.15) is 29.3 Å². The molecule has 0 aliphatic heterocycles. The maximum Gasteiger partial charge on any atom is 0.330 e. The second-order valence-electron chi connectivity index (χ2n) is 10.6. The quantitative estimate of drug-likeness (QED) is 0.0404. The van der Waals surface area contributed by atoms with Crippen molar-refractivity contribution in [3.05, 3.63) is 135 Å². The predicted octanol–water partition coefficient (Wildman–Crippen LogP) is 3.54. The van der Waals surface area contributed by atoms with Crippen molar-refractivity contribution in [2.75, 3.05) is 72.7 Å². The molecule has 2 aromatic rings. The molecule has 0 aliphatic carbocycles. The van der Waals surface area contributed by atoms with Crippen LogP contribution in [0.4, 0.5) is 0 Å². The molecule has 2 rings (SSSR count). The highest BCUT2D eigenvalue weighted by Gasteiger charge is 2.24. The van der Waals surface area contributed by atoms with Crippen LogP contribution < -0.4 is 0 Å². The average Bonchev–Trinajstić information content (AvgIpc) is 3.27. The number of benzene rings is 2. The lowest BCUT2D eigenvalue weighted by molar-refractivity contribution is -0.140. The molecule has 0 fully saturated rings. The fourth-order valence-corrected chi connectivity index (χ4v) is 2.89. The first-order valence-electron chi connectivity index (χ1n) is 17.5. The van der Waals surface area contributed by atoms with Gasteiger partial charge in [0.15, 0.2) is 5.78 Å². The summed E-state index contributed by atoms with van der Waals surface area (Å²) in [6, 6.07) is 18.6. The van der Waals surface area contributed by atoms with Gasteiger partial charge in [0.05, 0.1) is 59.5 Å². The number of rotatable bonds is 23. The van der Waals surface area contributed by atoms with Gasteiger partial charge in [-0.3, -0.25) is 4.79 Å². The third-order valence-corrected chi connectivity index (χ3v) is 6.37. The Hall–Kier alpha value is -6.08. The number of carbonyl (C=O) groups excluding carboxylic acids is 3. The van der Waals surface area contributed by atoms with Gasteiger partial charge < -0.3 is 54.3 Å². The first-order valence-corrected chi connectivity index (χ1v) is 17.5. The highest BCUT2D eigenvalue weighted by atomic mass is 16.6. The standard InChI is InChI=1S/C14H22O7.C13H10O.C6H14O3.3C3H4O2/c1-3-13(15)20-11-9-18-7-5-17-6-8-19-10-12-21-14(16)4-2;14-13(11-7-3-1-4-8-11)12-9-5-2-6-10-12;1-2-6(3-7,4-8)5-9;3*1-2-3(4)5/h3-4H,1-2,5-12H2;1-10H;7-9H,2-5H2,1H3;3*2H,1H2,(H,4,5). The number of ketones is 1. The molecular weight excluding hydrogens is 776 g/mol. The summed E-state index contributed by atoms with van der Waals surface area (Å²) in [6.45, 7) is 19.4. The van der Waals surface area contributed by atoms with Gasteiger partial charge in [-0.15, -0.1) is 0 Å². The van der Waals surface area contributed by atoms with E-state index in [4.69, 9.17) is 54.3 Å². The van der Waals surface area contributed by atoms with Crippen molar-refractivity contribution in [1.29, 1.82) is 0 Å². The highest BCUT2D eigenvalue weighted by molar-refractivity contribution is 6.08. The molecule has 0 radical (unpaired) electrons. The molecule has 0 unspecified atom stereocenters. The van der Waals surface area contributed by atoms with Crippen LogP contribution in [0.25, 0.3) is 0 Å². The SMILES string of the molecule is C=CC(=O)O.C=CC(=O)O.C=CC(=O)O.C=CC(=O)OCCOCCOCCOCCOC(=O)C=C.CCC(CO)(CO)CO.O=C(c1ccccc1)c1ccccc1. The van der Waals surface area contributed by atoms with E-state index in [1.807, 2.05) is 67.6 Å². The summed E-state index contributed by atoms with van der Waals surface area (Å²) < 4.78 is 25.0. The third-order valence-electron chi connectivity index (χ3n) is 6.37. The number of aliphatic hydroxyl groups is 3.